The fraction of sp³-hybridized carbons (Fsp3) is 0.312. The first kappa shape index (κ1) is 17.2. The van der Waals surface area contributed by atoms with Crippen molar-refractivity contribution in [2.45, 2.75) is 30.2 Å². The number of hydrogen-bond acceptors (Lipinski definition) is 6. The molecule has 1 fully saturated rings. The minimum Gasteiger partial charge on any atom is -0.481 e. The number of thioether (sulfide) groups is 1. The van der Waals surface area contributed by atoms with Gasteiger partial charge < -0.3 is 5.11 Å². The lowest BCUT2D eigenvalue weighted by Gasteiger charge is -2.27. The van der Waals surface area contributed by atoms with Crippen LogP contribution in [-0.2, 0) is 14.4 Å². The first-order valence-corrected chi connectivity index (χ1v) is 8.57. The van der Waals surface area contributed by atoms with Gasteiger partial charge >= 0.3 is 5.97 Å². The van der Waals surface area contributed by atoms with Crippen LogP contribution in [0.5, 0.6) is 0 Å². The van der Waals surface area contributed by atoms with Crippen LogP contribution < -0.4 is 5.32 Å². The topological polar surface area (TPSA) is 121 Å². The summed E-state index contributed by atoms with van der Waals surface area (Å²) in [6.07, 6.45) is 0.160. The summed E-state index contributed by atoms with van der Waals surface area (Å²) in [6.45, 7) is 0. The first-order valence-electron chi connectivity index (χ1n) is 7.58. The van der Waals surface area contributed by atoms with E-state index in [0.29, 0.717) is 10.6 Å². The molecule has 0 saturated carbocycles. The highest BCUT2D eigenvalue weighted by Gasteiger charge is 2.44. The Morgan fingerprint density at radius 2 is 1.92 bits per heavy atom. The largest absolute Gasteiger partial charge is 0.481 e. The lowest BCUT2D eigenvalue weighted by Crippen LogP contribution is -2.54. The highest BCUT2D eigenvalue weighted by molar-refractivity contribution is 7.99. The fourth-order valence-electron chi connectivity index (χ4n) is 2.80. The van der Waals surface area contributed by atoms with Crippen LogP contribution in [0.15, 0.2) is 23.1 Å². The van der Waals surface area contributed by atoms with E-state index in [0.717, 1.165) is 4.90 Å². The molecular weight excluding hydrogens is 348 g/mol. The molecule has 1 aromatic carbocycles. The van der Waals surface area contributed by atoms with Crippen LogP contribution in [-0.4, -0.2) is 51.4 Å². The maximum atomic E-state index is 12.6. The normalized spacial score (nSPS) is 19.8. The number of carbonyl (C=O) groups is 5. The summed E-state index contributed by atoms with van der Waals surface area (Å²) in [5.74, 6) is -2.78. The standard InChI is InChI=1S/C16H14N2O6S/c19-12-4-3-11(14(22)17-12)18-15(23)9-2-1-8(7-10(9)16(18)24)25-6-5-13(20)21/h1-2,7,11H,3-6H2,(H,20,21)(H,17,19,22). The molecule has 0 bridgehead atoms. The van der Waals surface area contributed by atoms with Crippen molar-refractivity contribution in [1.82, 2.24) is 10.2 Å². The van der Waals surface area contributed by atoms with Gasteiger partial charge in [0.1, 0.15) is 6.04 Å². The molecule has 25 heavy (non-hydrogen) atoms. The number of rotatable bonds is 5. The van der Waals surface area contributed by atoms with Gasteiger partial charge in [0, 0.05) is 17.1 Å². The molecule has 130 valence electrons. The van der Waals surface area contributed by atoms with Gasteiger partial charge in [-0.25, -0.2) is 0 Å². The molecule has 3 rings (SSSR count). The summed E-state index contributed by atoms with van der Waals surface area (Å²) >= 11 is 1.27. The maximum Gasteiger partial charge on any atom is 0.304 e. The van der Waals surface area contributed by atoms with Gasteiger partial charge in [0.15, 0.2) is 0 Å². The Morgan fingerprint density at radius 3 is 2.60 bits per heavy atom. The van der Waals surface area contributed by atoms with Gasteiger partial charge in [-0.1, -0.05) is 0 Å². The van der Waals surface area contributed by atoms with Crippen molar-refractivity contribution in [1.29, 1.82) is 0 Å². The Balaban J connectivity index is 1.80. The van der Waals surface area contributed by atoms with Crippen LogP contribution in [0.4, 0.5) is 0 Å². The van der Waals surface area contributed by atoms with Crippen LogP contribution in [0.3, 0.4) is 0 Å². The van der Waals surface area contributed by atoms with Gasteiger partial charge in [-0.3, -0.25) is 34.2 Å². The van der Waals surface area contributed by atoms with Crippen molar-refractivity contribution in [2.24, 2.45) is 0 Å². The second kappa shape index (κ2) is 6.67. The number of hydrogen-bond donors (Lipinski definition) is 2. The van der Waals surface area contributed by atoms with Crippen LogP contribution in [0.25, 0.3) is 0 Å². The number of aliphatic carboxylic acids is 1. The van der Waals surface area contributed by atoms with E-state index >= 15 is 0 Å². The van der Waals surface area contributed by atoms with Crippen molar-refractivity contribution in [2.75, 3.05) is 5.75 Å². The van der Waals surface area contributed by atoms with Gasteiger partial charge in [0.05, 0.1) is 17.5 Å². The van der Waals surface area contributed by atoms with E-state index in [1.807, 2.05) is 0 Å². The Morgan fingerprint density at radius 1 is 1.20 bits per heavy atom. The summed E-state index contributed by atoms with van der Waals surface area (Å²) in [7, 11) is 0. The molecule has 1 saturated heterocycles. The molecule has 9 heteroatoms. The van der Waals surface area contributed by atoms with E-state index in [4.69, 9.17) is 5.11 Å². The van der Waals surface area contributed by atoms with E-state index in [1.165, 1.54) is 23.9 Å². The Kier molecular flexibility index (Phi) is 4.58. The molecule has 1 unspecified atom stereocenters. The lowest BCUT2D eigenvalue weighted by molar-refractivity contribution is -0.137. The quantitative estimate of drug-likeness (QED) is 0.583. The molecule has 2 aliphatic heterocycles. The zero-order valence-corrected chi connectivity index (χ0v) is 13.8. The molecular formula is C16H14N2O6S. The first-order chi connectivity index (χ1) is 11.9. The molecule has 8 nitrogen and oxygen atoms in total. The molecule has 0 aliphatic carbocycles. The van der Waals surface area contributed by atoms with E-state index < -0.39 is 35.6 Å². The van der Waals surface area contributed by atoms with Crippen molar-refractivity contribution < 1.29 is 29.1 Å². The molecule has 0 aromatic heterocycles. The third-order valence-corrected chi connectivity index (χ3v) is 4.99. The SMILES string of the molecule is O=C(O)CCSc1ccc2c(c1)C(=O)N(C1CCC(=O)NC1=O)C2=O. The number of nitrogens with zero attached hydrogens (tertiary/aromatic N) is 1. The number of carboxylic acids is 1. The van der Waals surface area contributed by atoms with Crippen LogP contribution >= 0.6 is 11.8 Å². The summed E-state index contributed by atoms with van der Waals surface area (Å²) in [5, 5.41) is 10.8. The van der Waals surface area contributed by atoms with Crippen molar-refractivity contribution >= 4 is 41.4 Å². The third kappa shape index (κ3) is 3.27. The molecule has 0 radical (unpaired) electrons. The Labute approximate surface area is 146 Å². The third-order valence-electron chi connectivity index (χ3n) is 4.00. The van der Waals surface area contributed by atoms with E-state index in [1.54, 1.807) is 6.07 Å². The van der Waals surface area contributed by atoms with Crippen LogP contribution in [0.1, 0.15) is 40.0 Å². The Hall–Kier alpha value is -2.68. The van der Waals surface area contributed by atoms with Gasteiger partial charge in [-0.15, -0.1) is 11.8 Å². The number of benzene rings is 1. The fourth-order valence-corrected chi connectivity index (χ4v) is 3.67. The summed E-state index contributed by atoms with van der Waals surface area (Å²) in [5.41, 5.74) is 0.396. The number of imide groups is 2. The second-order valence-electron chi connectivity index (χ2n) is 5.65. The molecule has 2 aliphatic rings. The number of carboxylic acid groups (broad SMARTS) is 1. The monoisotopic (exact) mass is 362 g/mol. The molecule has 1 aromatic rings. The number of nitrogens with one attached hydrogen (secondary N) is 1. The summed E-state index contributed by atoms with van der Waals surface area (Å²) < 4.78 is 0. The van der Waals surface area contributed by atoms with Gasteiger partial charge in [0.25, 0.3) is 11.8 Å². The molecule has 2 N–H and O–H groups in total. The Bertz CT molecular complexity index is 806. The van der Waals surface area contributed by atoms with Gasteiger partial charge in [-0.2, -0.15) is 0 Å². The predicted octanol–water partition coefficient (Wildman–Crippen LogP) is 0.655. The molecule has 0 spiro atoms. The molecule has 2 heterocycles. The average molecular weight is 362 g/mol. The van der Waals surface area contributed by atoms with Gasteiger partial charge in [0.2, 0.25) is 11.8 Å². The number of amides is 4. The molecule has 4 amide bonds. The average Bonchev–Trinajstić information content (AvgIpc) is 2.79. The van der Waals surface area contributed by atoms with Crippen LogP contribution in [0, 0.1) is 0 Å². The maximum absolute atomic E-state index is 12.6. The van der Waals surface area contributed by atoms with E-state index in [2.05, 4.69) is 5.32 Å². The van der Waals surface area contributed by atoms with E-state index in [-0.39, 0.29) is 30.4 Å². The minimum absolute atomic E-state index is 0.0168. The number of fused-ring (bicyclic) bond motifs is 1. The summed E-state index contributed by atoms with van der Waals surface area (Å²) in [4.78, 5) is 60.5. The summed E-state index contributed by atoms with van der Waals surface area (Å²) in [6, 6.07) is 3.69. The van der Waals surface area contributed by atoms with Crippen molar-refractivity contribution in [3.8, 4) is 0 Å². The van der Waals surface area contributed by atoms with Gasteiger partial charge in [-0.05, 0) is 24.6 Å². The molecule has 1 atom stereocenters. The zero-order valence-electron chi connectivity index (χ0n) is 13.0. The number of piperidine rings is 1. The predicted molar refractivity (Wildman–Crippen MR) is 86.1 cm³/mol. The zero-order chi connectivity index (χ0) is 18.1. The van der Waals surface area contributed by atoms with E-state index in [9.17, 15) is 24.0 Å². The van der Waals surface area contributed by atoms with Crippen molar-refractivity contribution in [3.63, 3.8) is 0 Å². The second-order valence-corrected chi connectivity index (χ2v) is 6.82. The smallest absolute Gasteiger partial charge is 0.304 e. The lowest BCUT2D eigenvalue weighted by atomic mass is 10.0. The van der Waals surface area contributed by atoms with Crippen molar-refractivity contribution in [3.05, 3.63) is 29.3 Å². The highest BCUT2D eigenvalue weighted by Crippen LogP contribution is 2.31. The number of carbonyl (C=O) groups excluding carboxylic acids is 4. The van der Waals surface area contributed by atoms with Crippen LogP contribution in [0.2, 0.25) is 0 Å². The highest BCUT2D eigenvalue weighted by atomic mass is 32.2. The minimum atomic E-state index is -0.992.